The van der Waals surface area contributed by atoms with Crippen molar-refractivity contribution in [1.82, 2.24) is 10.4 Å². The number of nitrogens with one attached hydrogen (secondary N) is 1. The predicted molar refractivity (Wildman–Crippen MR) is 72.3 cm³/mol. The molecule has 0 radical (unpaired) electrons. The minimum atomic E-state index is 0.555. The summed E-state index contributed by atoms with van der Waals surface area (Å²) in [4.78, 5) is 8.74. The highest BCUT2D eigenvalue weighted by molar-refractivity contribution is 6.08. The van der Waals surface area contributed by atoms with Gasteiger partial charge in [0.15, 0.2) is 0 Å². The van der Waals surface area contributed by atoms with Crippen molar-refractivity contribution in [3.8, 4) is 0 Å². The van der Waals surface area contributed by atoms with Crippen molar-refractivity contribution >= 4 is 16.7 Å². The largest absolute Gasteiger partial charge is 0.383 e. The highest BCUT2D eigenvalue weighted by atomic mass is 16.5. The summed E-state index contributed by atoms with van der Waals surface area (Å²) in [6.07, 6.45) is 1.76. The summed E-state index contributed by atoms with van der Waals surface area (Å²) in [6.45, 7) is 1.11. The van der Waals surface area contributed by atoms with E-state index in [0.29, 0.717) is 19.0 Å². The Labute approximate surface area is 106 Å². The van der Waals surface area contributed by atoms with Crippen LogP contribution in [-0.4, -0.2) is 31.1 Å². The molecular formula is C13H16N4O. The number of hydrogen-bond acceptors (Lipinski definition) is 4. The second-order valence-corrected chi connectivity index (χ2v) is 3.75. The Bertz CT molecular complexity index is 548. The van der Waals surface area contributed by atoms with E-state index in [1.165, 1.54) is 0 Å². The van der Waals surface area contributed by atoms with Crippen LogP contribution in [-0.2, 0) is 4.74 Å². The van der Waals surface area contributed by atoms with Gasteiger partial charge in [-0.05, 0) is 12.1 Å². The number of fused-ring (bicyclic) bond motifs is 1. The SMILES string of the molecule is COCCN=C(NN)c1cccc2cccnc12. The minimum absolute atomic E-state index is 0.555. The summed E-state index contributed by atoms with van der Waals surface area (Å²) in [5.41, 5.74) is 4.40. The molecule has 18 heavy (non-hydrogen) atoms. The number of rotatable bonds is 4. The topological polar surface area (TPSA) is 72.5 Å². The molecule has 2 aromatic rings. The molecule has 0 amide bonds. The first kappa shape index (κ1) is 12.5. The van der Waals surface area contributed by atoms with E-state index >= 15 is 0 Å². The molecule has 0 atom stereocenters. The number of aromatic nitrogens is 1. The first-order chi connectivity index (χ1) is 8.86. The van der Waals surface area contributed by atoms with E-state index in [0.717, 1.165) is 16.5 Å². The third kappa shape index (κ3) is 2.64. The van der Waals surface area contributed by atoms with Crippen molar-refractivity contribution < 1.29 is 4.74 Å². The summed E-state index contributed by atoms with van der Waals surface area (Å²) >= 11 is 0. The average molecular weight is 244 g/mol. The fourth-order valence-corrected chi connectivity index (χ4v) is 1.75. The fraction of sp³-hybridized carbons (Fsp3) is 0.231. The van der Waals surface area contributed by atoms with Gasteiger partial charge in [0.1, 0.15) is 5.84 Å². The molecule has 1 heterocycles. The number of aliphatic imine (C=N–C) groups is 1. The lowest BCUT2D eigenvalue weighted by Crippen LogP contribution is -2.31. The van der Waals surface area contributed by atoms with Crippen LogP contribution in [0.4, 0.5) is 0 Å². The van der Waals surface area contributed by atoms with Gasteiger partial charge in [0.2, 0.25) is 0 Å². The van der Waals surface area contributed by atoms with E-state index in [1.807, 2.05) is 30.3 Å². The van der Waals surface area contributed by atoms with Crippen LogP contribution in [0, 0.1) is 0 Å². The Morgan fingerprint density at radius 1 is 1.39 bits per heavy atom. The maximum atomic E-state index is 5.53. The zero-order valence-corrected chi connectivity index (χ0v) is 10.3. The number of nitrogens with zero attached hydrogens (tertiary/aromatic N) is 2. The van der Waals surface area contributed by atoms with Crippen LogP contribution in [0.1, 0.15) is 5.56 Å². The van der Waals surface area contributed by atoms with Crippen molar-refractivity contribution in [3.05, 3.63) is 42.1 Å². The molecule has 0 saturated carbocycles. The van der Waals surface area contributed by atoms with Crippen LogP contribution in [0.15, 0.2) is 41.5 Å². The molecule has 0 spiro atoms. The van der Waals surface area contributed by atoms with E-state index in [9.17, 15) is 0 Å². The molecule has 0 unspecified atom stereocenters. The van der Waals surface area contributed by atoms with Crippen LogP contribution >= 0.6 is 0 Å². The zero-order chi connectivity index (χ0) is 12.8. The highest BCUT2D eigenvalue weighted by Gasteiger charge is 2.07. The quantitative estimate of drug-likeness (QED) is 0.278. The van der Waals surface area contributed by atoms with E-state index < -0.39 is 0 Å². The van der Waals surface area contributed by atoms with Gasteiger partial charge in [-0.2, -0.15) is 0 Å². The number of pyridine rings is 1. The second-order valence-electron chi connectivity index (χ2n) is 3.75. The van der Waals surface area contributed by atoms with Gasteiger partial charge in [0.05, 0.1) is 18.7 Å². The number of para-hydroxylation sites is 1. The monoisotopic (exact) mass is 244 g/mol. The lowest BCUT2D eigenvalue weighted by atomic mass is 10.1. The molecule has 0 aliphatic rings. The minimum Gasteiger partial charge on any atom is -0.383 e. The van der Waals surface area contributed by atoms with Crippen LogP contribution in [0.2, 0.25) is 0 Å². The number of nitrogens with two attached hydrogens (primary N) is 1. The molecule has 94 valence electrons. The average Bonchev–Trinajstić information content (AvgIpc) is 2.43. The molecule has 5 nitrogen and oxygen atoms in total. The maximum absolute atomic E-state index is 5.53. The van der Waals surface area contributed by atoms with Gasteiger partial charge >= 0.3 is 0 Å². The first-order valence-electron chi connectivity index (χ1n) is 5.71. The Kier molecular flexibility index (Phi) is 4.22. The van der Waals surface area contributed by atoms with Crippen molar-refractivity contribution in [3.63, 3.8) is 0 Å². The molecule has 1 aromatic heterocycles. The van der Waals surface area contributed by atoms with Crippen LogP contribution in [0.25, 0.3) is 10.9 Å². The smallest absolute Gasteiger partial charge is 0.144 e. The van der Waals surface area contributed by atoms with Gasteiger partial charge in [0, 0.05) is 24.3 Å². The van der Waals surface area contributed by atoms with Crippen molar-refractivity contribution in [2.45, 2.75) is 0 Å². The number of hydrogen-bond donors (Lipinski definition) is 2. The summed E-state index contributed by atoms with van der Waals surface area (Å²) < 4.78 is 4.97. The van der Waals surface area contributed by atoms with Crippen LogP contribution in [0.5, 0.6) is 0 Å². The molecule has 5 heteroatoms. The summed E-state index contributed by atoms with van der Waals surface area (Å²) in [5, 5.41) is 1.06. The second kappa shape index (κ2) is 6.09. The van der Waals surface area contributed by atoms with Gasteiger partial charge in [-0.1, -0.05) is 18.2 Å². The third-order valence-corrected chi connectivity index (χ3v) is 2.59. The van der Waals surface area contributed by atoms with E-state index in [1.54, 1.807) is 13.3 Å². The molecule has 0 fully saturated rings. The van der Waals surface area contributed by atoms with Crippen molar-refractivity contribution in [2.75, 3.05) is 20.3 Å². The number of ether oxygens (including phenoxy) is 1. The van der Waals surface area contributed by atoms with Gasteiger partial charge in [0.25, 0.3) is 0 Å². The normalized spacial score (nSPS) is 11.8. The summed E-state index contributed by atoms with van der Waals surface area (Å²) in [5.74, 6) is 6.15. The van der Waals surface area contributed by atoms with Crippen LogP contribution < -0.4 is 11.3 Å². The lowest BCUT2D eigenvalue weighted by molar-refractivity contribution is 0.208. The molecule has 0 bridgehead atoms. The molecule has 0 saturated heterocycles. The fourth-order valence-electron chi connectivity index (χ4n) is 1.75. The number of benzene rings is 1. The number of methoxy groups -OCH3 is 1. The van der Waals surface area contributed by atoms with Gasteiger partial charge in [-0.3, -0.25) is 9.98 Å². The Balaban J connectivity index is 2.42. The summed E-state index contributed by atoms with van der Waals surface area (Å²) in [7, 11) is 1.64. The predicted octanol–water partition coefficient (Wildman–Crippen LogP) is 1.09. The van der Waals surface area contributed by atoms with Gasteiger partial charge in [-0.25, -0.2) is 5.84 Å². The molecule has 1 aromatic carbocycles. The van der Waals surface area contributed by atoms with Gasteiger partial charge < -0.3 is 10.2 Å². The van der Waals surface area contributed by atoms with Crippen molar-refractivity contribution in [1.29, 1.82) is 0 Å². The third-order valence-electron chi connectivity index (χ3n) is 2.59. The molecule has 0 aliphatic heterocycles. The zero-order valence-electron chi connectivity index (χ0n) is 10.3. The van der Waals surface area contributed by atoms with Crippen molar-refractivity contribution in [2.24, 2.45) is 10.8 Å². The molecule has 3 N–H and O–H groups in total. The maximum Gasteiger partial charge on any atom is 0.144 e. The van der Waals surface area contributed by atoms with E-state index in [2.05, 4.69) is 15.4 Å². The number of hydrazine groups is 1. The Hall–Kier alpha value is -1.98. The molecule has 2 rings (SSSR count). The standard InChI is InChI=1S/C13H16N4O/c1-18-9-8-16-13(17-14)11-6-2-4-10-5-3-7-15-12(10)11/h2-7H,8-9,14H2,1H3,(H,16,17). The molecule has 0 aliphatic carbocycles. The Morgan fingerprint density at radius 2 is 2.22 bits per heavy atom. The highest BCUT2D eigenvalue weighted by Crippen LogP contribution is 2.15. The number of amidine groups is 1. The molecular weight excluding hydrogens is 228 g/mol. The lowest BCUT2D eigenvalue weighted by Gasteiger charge is -2.08. The van der Waals surface area contributed by atoms with E-state index in [-0.39, 0.29) is 0 Å². The van der Waals surface area contributed by atoms with Crippen LogP contribution in [0.3, 0.4) is 0 Å². The van der Waals surface area contributed by atoms with E-state index in [4.69, 9.17) is 10.6 Å². The summed E-state index contributed by atoms with van der Waals surface area (Å²) in [6, 6.07) is 9.83. The van der Waals surface area contributed by atoms with Gasteiger partial charge in [-0.15, -0.1) is 0 Å². The Morgan fingerprint density at radius 3 is 3.00 bits per heavy atom. The first-order valence-corrected chi connectivity index (χ1v) is 5.71.